The van der Waals surface area contributed by atoms with Gasteiger partial charge in [0.05, 0.1) is 5.56 Å². The fourth-order valence-corrected chi connectivity index (χ4v) is 0.977. The van der Waals surface area contributed by atoms with Gasteiger partial charge >= 0.3 is 5.97 Å². The molecule has 0 saturated heterocycles. The highest BCUT2D eigenvalue weighted by molar-refractivity contribution is 6.04. The highest BCUT2D eigenvalue weighted by Gasteiger charge is 2.11. The average Bonchev–Trinajstić information content (AvgIpc) is 2.34. The summed E-state index contributed by atoms with van der Waals surface area (Å²) in [5.41, 5.74) is 0.315. The van der Waals surface area contributed by atoms with Crippen molar-refractivity contribution in [3.63, 3.8) is 0 Å². The molecule has 0 heterocycles. The number of Topliss-reactive ketones (excluding diaryl/α,β-unsaturated/α-hetero) is 1. The number of carboxylic acid groups (broad SMARTS) is 1. The summed E-state index contributed by atoms with van der Waals surface area (Å²) < 4.78 is 0. The summed E-state index contributed by atoms with van der Waals surface area (Å²) in [7, 11) is 0. The highest BCUT2D eigenvalue weighted by Crippen LogP contribution is 2.08. The molecule has 1 N–H and O–H groups in total. The number of carbonyl (C=O) groups is 2. The van der Waals surface area contributed by atoms with E-state index in [0.717, 1.165) is 0 Å². The Kier molecular flexibility index (Phi) is 10.4. The number of benzene rings is 1. The van der Waals surface area contributed by atoms with E-state index in [1.807, 2.05) is 27.7 Å². The van der Waals surface area contributed by atoms with Gasteiger partial charge in [0.2, 0.25) is 0 Å². The number of ketones is 1. The van der Waals surface area contributed by atoms with Crippen LogP contribution in [-0.4, -0.2) is 16.9 Å². The molecule has 16 heavy (non-hydrogen) atoms. The molecule has 3 heteroatoms. The number of aromatic carboxylic acids is 1. The highest BCUT2D eigenvalue weighted by atomic mass is 16.4. The predicted molar refractivity (Wildman–Crippen MR) is 66.1 cm³/mol. The zero-order valence-corrected chi connectivity index (χ0v) is 10.6. The Morgan fingerprint density at radius 1 is 0.938 bits per heavy atom. The molecule has 3 nitrogen and oxygen atoms in total. The smallest absolute Gasteiger partial charge is 0.336 e. The number of carbonyl (C=O) groups excluding carboxylic acids is 1. The lowest BCUT2D eigenvalue weighted by atomic mass is 10.1. The van der Waals surface area contributed by atoms with E-state index in [2.05, 4.69) is 0 Å². The standard InChI is InChI=1S/C9H8O3.2C2H6/c1-6(10)7-4-2-3-5-8(7)9(11)12;2*1-2/h2-5H,1H3,(H,11,12);2*1-2H3. The first-order valence-corrected chi connectivity index (χ1v) is 5.46. The van der Waals surface area contributed by atoms with Crippen molar-refractivity contribution >= 4 is 11.8 Å². The van der Waals surface area contributed by atoms with E-state index < -0.39 is 5.97 Å². The van der Waals surface area contributed by atoms with Crippen LogP contribution in [0, 0.1) is 0 Å². The van der Waals surface area contributed by atoms with Crippen molar-refractivity contribution in [3.8, 4) is 0 Å². The Hall–Kier alpha value is -1.64. The Labute approximate surface area is 97.1 Å². The van der Waals surface area contributed by atoms with Gasteiger partial charge in [-0.15, -0.1) is 0 Å². The predicted octanol–water partition coefficient (Wildman–Crippen LogP) is 3.64. The van der Waals surface area contributed by atoms with Gasteiger partial charge < -0.3 is 5.11 Å². The molecule has 1 rings (SSSR count). The van der Waals surface area contributed by atoms with Crippen molar-refractivity contribution in [3.05, 3.63) is 35.4 Å². The van der Waals surface area contributed by atoms with Crippen LogP contribution in [-0.2, 0) is 0 Å². The van der Waals surface area contributed by atoms with Crippen LogP contribution in [0.5, 0.6) is 0 Å². The number of hydrogen-bond acceptors (Lipinski definition) is 2. The fourth-order valence-electron chi connectivity index (χ4n) is 0.977. The molecule has 0 aliphatic carbocycles. The van der Waals surface area contributed by atoms with Gasteiger partial charge in [0.15, 0.2) is 5.78 Å². The number of rotatable bonds is 2. The number of carboxylic acids is 1. The van der Waals surface area contributed by atoms with Gasteiger partial charge in [0, 0.05) is 5.56 Å². The molecule has 0 spiro atoms. The minimum absolute atomic E-state index is 0.0602. The van der Waals surface area contributed by atoms with Crippen molar-refractivity contribution in [1.82, 2.24) is 0 Å². The molecular weight excluding hydrogens is 204 g/mol. The van der Waals surface area contributed by atoms with Crippen LogP contribution >= 0.6 is 0 Å². The second kappa shape index (κ2) is 9.90. The maximum Gasteiger partial charge on any atom is 0.336 e. The van der Waals surface area contributed by atoms with Crippen LogP contribution in [0.1, 0.15) is 55.3 Å². The quantitative estimate of drug-likeness (QED) is 0.780. The first kappa shape index (κ1) is 16.8. The largest absolute Gasteiger partial charge is 0.478 e. The molecule has 0 bridgehead atoms. The molecule has 0 aliphatic heterocycles. The maximum absolute atomic E-state index is 10.9. The summed E-state index contributed by atoms with van der Waals surface area (Å²) in [5.74, 6) is -1.30. The molecule has 0 radical (unpaired) electrons. The molecule has 0 aliphatic rings. The van der Waals surface area contributed by atoms with Gasteiger partial charge in [-0.2, -0.15) is 0 Å². The zero-order valence-electron chi connectivity index (χ0n) is 10.6. The molecular formula is C13H20O3. The molecule has 0 saturated carbocycles. The molecule has 1 aromatic carbocycles. The van der Waals surface area contributed by atoms with Crippen LogP contribution in [0.2, 0.25) is 0 Å². The Morgan fingerprint density at radius 2 is 1.31 bits per heavy atom. The zero-order chi connectivity index (χ0) is 13.1. The molecule has 0 unspecified atom stereocenters. The lowest BCUT2D eigenvalue weighted by molar-refractivity contribution is 0.0692. The average molecular weight is 224 g/mol. The SMILES string of the molecule is CC.CC.CC(=O)c1ccccc1C(=O)O. The third-order valence-corrected chi connectivity index (χ3v) is 1.54. The third-order valence-electron chi connectivity index (χ3n) is 1.54. The second-order valence-corrected chi connectivity index (χ2v) is 2.41. The Morgan fingerprint density at radius 3 is 1.56 bits per heavy atom. The topological polar surface area (TPSA) is 54.4 Å². The van der Waals surface area contributed by atoms with Crippen LogP contribution in [0.3, 0.4) is 0 Å². The lowest BCUT2D eigenvalue weighted by Crippen LogP contribution is -2.05. The molecule has 0 atom stereocenters. The summed E-state index contributed by atoms with van der Waals surface area (Å²) >= 11 is 0. The lowest BCUT2D eigenvalue weighted by Gasteiger charge is -1.99. The van der Waals surface area contributed by atoms with E-state index in [1.54, 1.807) is 12.1 Å². The maximum atomic E-state index is 10.9. The first-order valence-electron chi connectivity index (χ1n) is 5.46. The van der Waals surface area contributed by atoms with Crippen LogP contribution in [0.25, 0.3) is 0 Å². The van der Waals surface area contributed by atoms with Crippen LogP contribution < -0.4 is 0 Å². The van der Waals surface area contributed by atoms with Gasteiger partial charge in [0.1, 0.15) is 0 Å². The van der Waals surface area contributed by atoms with Crippen molar-refractivity contribution in [2.45, 2.75) is 34.6 Å². The summed E-state index contributed by atoms with van der Waals surface area (Å²) in [5, 5.41) is 8.66. The number of hydrogen-bond donors (Lipinski definition) is 1. The van der Waals surface area contributed by atoms with E-state index in [-0.39, 0.29) is 16.9 Å². The van der Waals surface area contributed by atoms with Crippen molar-refractivity contribution < 1.29 is 14.7 Å². The van der Waals surface area contributed by atoms with Gasteiger partial charge in [-0.1, -0.05) is 45.9 Å². The first-order chi connectivity index (χ1) is 7.63. The normalized spacial score (nSPS) is 7.81. The summed E-state index contributed by atoms with van der Waals surface area (Å²) in [6, 6.07) is 6.16. The minimum atomic E-state index is -1.07. The van der Waals surface area contributed by atoms with Gasteiger partial charge in [-0.05, 0) is 13.0 Å². The van der Waals surface area contributed by atoms with E-state index in [4.69, 9.17) is 5.11 Å². The fraction of sp³-hybridized carbons (Fsp3) is 0.385. The Balaban J connectivity index is 0. The minimum Gasteiger partial charge on any atom is -0.478 e. The van der Waals surface area contributed by atoms with Crippen molar-refractivity contribution in [1.29, 1.82) is 0 Å². The Bertz CT molecular complexity index is 297. The van der Waals surface area contributed by atoms with Crippen LogP contribution in [0.4, 0.5) is 0 Å². The van der Waals surface area contributed by atoms with E-state index in [0.29, 0.717) is 0 Å². The third kappa shape index (κ3) is 5.29. The summed E-state index contributed by atoms with van der Waals surface area (Å²) in [6.45, 7) is 9.35. The van der Waals surface area contributed by atoms with Crippen molar-refractivity contribution in [2.24, 2.45) is 0 Å². The summed E-state index contributed by atoms with van der Waals surface area (Å²) in [4.78, 5) is 21.5. The van der Waals surface area contributed by atoms with E-state index >= 15 is 0 Å². The van der Waals surface area contributed by atoms with E-state index in [1.165, 1.54) is 19.1 Å². The molecule has 1 aromatic rings. The summed E-state index contributed by atoms with van der Waals surface area (Å²) in [6.07, 6.45) is 0. The van der Waals surface area contributed by atoms with Crippen LogP contribution in [0.15, 0.2) is 24.3 Å². The van der Waals surface area contributed by atoms with Crippen molar-refractivity contribution in [2.75, 3.05) is 0 Å². The molecule has 90 valence electrons. The second-order valence-electron chi connectivity index (χ2n) is 2.41. The van der Waals surface area contributed by atoms with Gasteiger partial charge in [-0.25, -0.2) is 4.79 Å². The van der Waals surface area contributed by atoms with E-state index in [9.17, 15) is 9.59 Å². The monoisotopic (exact) mass is 224 g/mol. The molecule has 0 fully saturated rings. The van der Waals surface area contributed by atoms with Gasteiger partial charge in [-0.3, -0.25) is 4.79 Å². The molecule has 0 amide bonds. The van der Waals surface area contributed by atoms with Gasteiger partial charge in [0.25, 0.3) is 0 Å². The molecule has 0 aromatic heterocycles.